The van der Waals surface area contributed by atoms with E-state index in [2.05, 4.69) is 142 Å². The first-order valence-electron chi connectivity index (χ1n) is 17.9. The molecule has 7 aromatic rings. The van der Waals surface area contributed by atoms with Crippen LogP contribution in [0.15, 0.2) is 121 Å². The Labute approximate surface area is 322 Å². The normalized spacial score (nSPS) is 12.0. The molecule has 9 rings (SSSR count). The zero-order valence-corrected chi connectivity index (χ0v) is 31.7. The van der Waals surface area contributed by atoms with E-state index in [1.165, 1.54) is 16.7 Å². The number of thiophene rings is 2. The van der Waals surface area contributed by atoms with E-state index in [0.717, 1.165) is 86.1 Å². The topological polar surface area (TPSA) is 66.2 Å². The lowest BCUT2D eigenvalue weighted by Crippen LogP contribution is -2.29. The molecule has 0 radical (unpaired) electrons. The van der Waals surface area contributed by atoms with Crippen molar-refractivity contribution in [2.75, 3.05) is 0 Å². The summed E-state index contributed by atoms with van der Waals surface area (Å²) in [6.07, 6.45) is 8.55. The van der Waals surface area contributed by atoms with E-state index < -0.39 is 7.12 Å². The van der Waals surface area contributed by atoms with E-state index in [0.29, 0.717) is 5.46 Å². The van der Waals surface area contributed by atoms with Crippen LogP contribution in [0.3, 0.4) is 0 Å². The molecule has 54 heavy (non-hydrogen) atoms. The van der Waals surface area contributed by atoms with Crippen molar-refractivity contribution < 1.29 is 10.0 Å². The van der Waals surface area contributed by atoms with Crippen molar-refractivity contribution in [3.8, 4) is 44.5 Å². The SMILES string of the molecule is Cc1ccc(-c2c3nc(c(-c4ccc(C)cc4)c4ccc(s4)c(-c4ccc(B(O)O)cc4)c4nc(c(-c5ccc(C)cc5)c5ccc2s5)C=C4)C=C3)cc1. The van der Waals surface area contributed by atoms with E-state index in [-0.39, 0.29) is 0 Å². The van der Waals surface area contributed by atoms with Crippen molar-refractivity contribution in [3.63, 3.8) is 0 Å². The standard InChI is InChI=1S/C47H35BN2O2S2/c1-28-4-10-31(11-5-28)44-36-20-21-37(49-36)45(32-12-6-29(2)7-13-32)42-26-27-43(54-42)47(34-16-18-35(19-17-34)48(51)52)39-23-22-38(50-39)46(41-25-24-40(44)53-41)33-14-8-30(3)9-15-33/h4-27,51-52H,1-3H3. The van der Waals surface area contributed by atoms with Gasteiger partial charge in [-0.3, -0.25) is 0 Å². The van der Waals surface area contributed by atoms with E-state index in [4.69, 9.17) is 9.97 Å². The van der Waals surface area contributed by atoms with Crippen LogP contribution in [-0.4, -0.2) is 27.1 Å². The van der Waals surface area contributed by atoms with Gasteiger partial charge in [0.1, 0.15) is 0 Å². The summed E-state index contributed by atoms with van der Waals surface area (Å²) in [5.74, 6) is 0. The Balaban J connectivity index is 1.45. The van der Waals surface area contributed by atoms with Crippen molar-refractivity contribution in [2.45, 2.75) is 20.8 Å². The van der Waals surface area contributed by atoms with E-state index >= 15 is 0 Å². The van der Waals surface area contributed by atoms with Crippen molar-refractivity contribution in [2.24, 2.45) is 0 Å². The molecule has 7 heteroatoms. The van der Waals surface area contributed by atoms with Crippen LogP contribution in [-0.2, 0) is 0 Å². The fourth-order valence-corrected chi connectivity index (χ4v) is 9.46. The van der Waals surface area contributed by atoms with Crippen LogP contribution >= 0.6 is 22.7 Å². The molecule has 0 fully saturated rings. The van der Waals surface area contributed by atoms with Crippen molar-refractivity contribution in [1.82, 2.24) is 9.97 Å². The van der Waals surface area contributed by atoms with E-state index in [1.54, 1.807) is 34.8 Å². The van der Waals surface area contributed by atoms with Gasteiger partial charge in [0.25, 0.3) is 0 Å². The predicted molar refractivity (Wildman–Crippen MR) is 232 cm³/mol. The van der Waals surface area contributed by atoms with Crippen molar-refractivity contribution >= 4 is 78.4 Å². The summed E-state index contributed by atoms with van der Waals surface area (Å²) in [6.45, 7) is 6.34. The molecule has 2 aliphatic rings. The molecule has 2 N–H and O–H groups in total. The van der Waals surface area contributed by atoms with Gasteiger partial charge in [-0.25, -0.2) is 9.97 Å². The molecular weight excluding hydrogens is 699 g/mol. The average Bonchev–Trinajstić information content (AvgIpc) is 4.02. The number of fused-ring (bicyclic) bond motifs is 8. The van der Waals surface area contributed by atoms with Crippen molar-refractivity contribution in [3.05, 3.63) is 161 Å². The molecule has 0 aliphatic carbocycles. The average molecular weight is 735 g/mol. The number of rotatable bonds is 5. The fourth-order valence-electron chi connectivity index (χ4n) is 7.14. The maximum Gasteiger partial charge on any atom is 0.488 e. The Morgan fingerprint density at radius 2 is 0.630 bits per heavy atom. The predicted octanol–water partition coefficient (Wildman–Crippen LogP) is 11.4. The van der Waals surface area contributed by atoms with Crippen LogP contribution in [0.25, 0.3) is 87.6 Å². The number of hydrogen-bond acceptors (Lipinski definition) is 6. The second-order valence-electron chi connectivity index (χ2n) is 13.9. The number of aryl methyl sites for hydroxylation is 3. The summed E-state index contributed by atoms with van der Waals surface area (Å²) in [7, 11) is -1.54. The third kappa shape index (κ3) is 6.35. The summed E-state index contributed by atoms with van der Waals surface area (Å²) in [6, 6.07) is 42.3. The Morgan fingerprint density at radius 1 is 0.370 bits per heavy atom. The van der Waals surface area contributed by atoms with Crippen LogP contribution in [0.5, 0.6) is 0 Å². The Morgan fingerprint density at radius 3 is 0.889 bits per heavy atom. The van der Waals surface area contributed by atoms with Crippen LogP contribution in [0.1, 0.15) is 39.5 Å². The third-order valence-electron chi connectivity index (χ3n) is 10.0. The van der Waals surface area contributed by atoms with Gasteiger partial charge >= 0.3 is 7.12 Å². The van der Waals surface area contributed by atoms with E-state index in [1.807, 2.05) is 12.1 Å². The largest absolute Gasteiger partial charge is 0.488 e. The summed E-state index contributed by atoms with van der Waals surface area (Å²) >= 11 is 3.48. The van der Waals surface area contributed by atoms with Gasteiger partial charge in [-0.1, -0.05) is 114 Å². The van der Waals surface area contributed by atoms with Gasteiger partial charge in [-0.2, -0.15) is 0 Å². The first-order chi connectivity index (χ1) is 26.3. The number of nitrogens with zero attached hydrogens (tertiary/aromatic N) is 2. The monoisotopic (exact) mass is 734 g/mol. The zero-order valence-electron chi connectivity index (χ0n) is 30.0. The summed E-state index contributed by atoms with van der Waals surface area (Å²) in [5.41, 5.74) is 16.1. The number of benzene rings is 4. The third-order valence-corrected chi connectivity index (χ3v) is 12.3. The second kappa shape index (κ2) is 13.9. The van der Waals surface area contributed by atoms with Crippen LogP contribution in [0, 0.1) is 20.8 Å². The molecule has 5 heterocycles. The van der Waals surface area contributed by atoms with Gasteiger partial charge in [0.15, 0.2) is 0 Å². The summed E-state index contributed by atoms with van der Waals surface area (Å²) < 4.78 is 4.41. The minimum Gasteiger partial charge on any atom is -0.423 e. The molecule has 0 spiro atoms. The highest BCUT2D eigenvalue weighted by molar-refractivity contribution is 7.24. The number of hydrogen-bond donors (Lipinski definition) is 2. The molecule has 3 aromatic heterocycles. The zero-order chi connectivity index (χ0) is 36.9. The van der Waals surface area contributed by atoms with E-state index in [9.17, 15) is 10.0 Å². The first kappa shape index (κ1) is 34.1. The molecule has 0 saturated heterocycles. The smallest absolute Gasteiger partial charge is 0.423 e. The highest BCUT2D eigenvalue weighted by Gasteiger charge is 2.20. The highest BCUT2D eigenvalue weighted by Crippen LogP contribution is 2.43. The molecule has 4 aromatic carbocycles. The van der Waals surface area contributed by atoms with Crippen molar-refractivity contribution in [1.29, 1.82) is 0 Å². The van der Waals surface area contributed by atoms with Crippen LogP contribution < -0.4 is 5.46 Å². The Bertz CT molecular complexity index is 2750. The molecule has 4 nitrogen and oxygen atoms in total. The summed E-state index contributed by atoms with van der Waals surface area (Å²) in [5, 5.41) is 19.8. The Kier molecular flexibility index (Phi) is 8.80. The number of aromatic nitrogens is 2. The molecule has 0 saturated carbocycles. The highest BCUT2D eigenvalue weighted by atomic mass is 32.1. The Hall–Kier alpha value is -5.70. The van der Waals surface area contributed by atoms with Gasteiger partial charge in [0.2, 0.25) is 0 Å². The minimum absolute atomic E-state index is 0.439. The lowest BCUT2D eigenvalue weighted by Gasteiger charge is -2.07. The van der Waals surface area contributed by atoms with Crippen LogP contribution in [0.2, 0.25) is 0 Å². The maximum absolute atomic E-state index is 9.89. The molecule has 0 amide bonds. The fraction of sp³-hybridized carbons (Fsp3) is 0.0638. The molecule has 260 valence electrons. The quantitative estimate of drug-likeness (QED) is 0.173. The van der Waals surface area contributed by atoms with Crippen LogP contribution in [0.4, 0.5) is 0 Å². The summed E-state index contributed by atoms with van der Waals surface area (Å²) in [4.78, 5) is 10.8. The first-order valence-corrected chi connectivity index (χ1v) is 19.6. The molecule has 0 atom stereocenters. The molecule has 8 bridgehead atoms. The molecule has 2 aliphatic heterocycles. The maximum atomic E-state index is 9.89. The van der Waals surface area contributed by atoms with Gasteiger partial charge < -0.3 is 10.0 Å². The lowest BCUT2D eigenvalue weighted by molar-refractivity contribution is 0.426. The van der Waals surface area contributed by atoms with Gasteiger partial charge in [-0.15, -0.1) is 22.7 Å². The van der Waals surface area contributed by atoms with Gasteiger partial charge in [0.05, 0.1) is 22.8 Å². The second-order valence-corrected chi connectivity index (χ2v) is 16.0. The van der Waals surface area contributed by atoms with Gasteiger partial charge in [-0.05, 0) is 97.1 Å². The van der Waals surface area contributed by atoms with Gasteiger partial charge in [0, 0.05) is 41.1 Å². The minimum atomic E-state index is -1.54. The molecular formula is C47H35BN2O2S2. The molecule has 0 unspecified atom stereocenters. The lowest BCUT2D eigenvalue weighted by atomic mass is 9.80.